The fourth-order valence-corrected chi connectivity index (χ4v) is 2.68. The van der Waals surface area contributed by atoms with E-state index in [-0.39, 0.29) is 25.2 Å². The van der Waals surface area contributed by atoms with Crippen molar-refractivity contribution in [1.82, 2.24) is 0 Å². The summed E-state index contributed by atoms with van der Waals surface area (Å²) in [6, 6.07) is 0. The van der Waals surface area contributed by atoms with E-state index < -0.39 is 10.8 Å². The summed E-state index contributed by atoms with van der Waals surface area (Å²) in [7, 11) is 0. The van der Waals surface area contributed by atoms with Crippen molar-refractivity contribution in [1.29, 1.82) is 0 Å². The molecule has 0 radical (unpaired) electrons. The Bertz CT molecular complexity index is 390. The molecule has 0 aromatic heterocycles. The Morgan fingerprint density at radius 3 is 1.27 bits per heavy atom. The van der Waals surface area contributed by atoms with E-state index in [4.69, 9.17) is 9.47 Å². The first-order valence-corrected chi connectivity index (χ1v) is 10.3. The van der Waals surface area contributed by atoms with Crippen molar-refractivity contribution < 1.29 is 19.1 Å². The van der Waals surface area contributed by atoms with E-state index in [1.807, 2.05) is 27.7 Å². The number of carbonyl (C=O) groups excluding carboxylic acids is 2. The van der Waals surface area contributed by atoms with Crippen molar-refractivity contribution in [3.8, 4) is 0 Å². The molecule has 0 saturated carbocycles. The van der Waals surface area contributed by atoms with Crippen LogP contribution in [0.2, 0.25) is 0 Å². The minimum atomic E-state index is -0.455. The second-order valence-electron chi connectivity index (χ2n) is 8.97. The largest absolute Gasteiger partial charge is 0.462 e. The smallest absolute Gasteiger partial charge is 0.311 e. The summed E-state index contributed by atoms with van der Waals surface area (Å²) in [6.45, 7) is 16.8. The third-order valence-corrected chi connectivity index (χ3v) is 5.64. The SMILES string of the molecule is CCC(C)(CCC(C)C)C(=O)OCCOC(=O)C(C)(CC)CCC(C)C. The molecule has 0 aliphatic carbocycles. The molecule has 0 spiro atoms. The normalized spacial score (nSPS) is 16.2. The van der Waals surface area contributed by atoms with Gasteiger partial charge < -0.3 is 9.47 Å². The van der Waals surface area contributed by atoms with Gasteiger partial charge in [0.05, 0.1) is 10.8 Å². The summed E-state index contributed by atoms with van der Waals surface area (Å²) in [5, 5.41) is 0. The van der Waals surface area contributed by atoms with Crippen molar-refractivity contribution in [2.45, 2.75) is 93.9 Å². The molecule has 4 nitrogen and oxygen atoms in total. The molecule has 2 unspecified atom stereocenters. The molecule has 0 fully saturated rings. The molecule has 154 valence electrons. The second kappa shape index (κ2) is 11.6. The number of carbonyl (C=O) groups is 2. The fourth-order valence-electron chi connectivity index (χ4n) is 2.68. The van der Waals surface area contributed by atoms with Crippen LogP contribution in [0.25, 0.3) is 0 Å². The van der Waals surface area contributed by atoms with Crippen LogP contribution in [0.15, 0.2) is 0 Å². The van der Waals surface area contributed by atoms with Crippen molar-refractivity contribution in [3.05, 3.63) is 0 Å². The Morgan fingerprint density at radius 1 is 0.731 bits per heavy atom. The lowest BCUT2D eigenvalue weighted by molar-refractivity contribution is -0.164. The maximum absolute atomic E-state index is 12.4. The molecule has 4 heteroatoms. The lowest BCUT2D eigenvalue weighted by atomic mass is 9.81. The van der Waals surface area contributed by atoms with Crippen LogP contribution in [-0.2, 0) is 19.1 Å². The molecule has 0 aliphatic heterocycles. The van der Waals surface area contributed by atoms with Gasteiger partial charge in [0.15, 0.2) is 0 Å². The van der Waals surface area contributed by atoms with E-state index in [0.29, 0.717) is 11.8 Å². The van der Waals surface area contributed by atoms with E-state index in [0.717, 1.165) is 38.5 Å². The van der Waals surface area contributed by atoms with Gasteiger partial charge in [-0.1, -0.05) is 41.5 Å². The number of rotatable bonds is 13. The predicted octanol–water partition coefficient (Wildman–Crippen LogP) is 5.78. The Labute approximate surface area is 161 Å². The molecule has 0 N–H and O–H groups in total. The molecule has 0 amide bonds. The Balaban J connectivity index is 4.41. The zero-order chi connectivity index (χ0) is 20.4. The van der Waals surface area contributed by atoms with Crippen LogP contribution in [0.1, 0.15) is 93.9 Å². The van der Waals surface area contributed by atoms with E-state index in [9.17, 15) is 9.59 Å². The van der Waals surface area contributed by atoms with Crippen LogP contribution in [-0.4, -0.2) is 25.2 Å². The maximum atomic E-state index is 12.4. The van der Waals surface area contributed by atoms with Gasteiger partial charge in [0, 0.05) is 0 Å². The number of hydrogen-bond acceptors (Lipinski definition) is 4. The van der Waals surface area contributed by atoms with Gasteiger partial charge in [-0.3, -0.25) is 9.59 Å². The van der Waals surface area contributed by atoms with E-state index in [1.165, 1.54) is 0 Å². The van der Waals surface area contributed by atoms with Gasteiger partial charge >= 0.3 is 11.9 Å². The molecule has 0 aromatic rings. The third kappa shape index (κ3) is 8.55. The molecule has 26 heavy (non-hydrogen) atoms. The maximum Gasteiger partial charge on any atom is 0.311 e. The topological polar surface area (TPSA) is 52.6 Å². The molecule has 0 aromatic carbocycles. The lowest BCUT2D eigenvalue weighted by Gasteiger charge is -2.28. The highest BCUT2D eigenvalue weighted by atomic mass is 16.6. The van der Waals surface area contributed by atoms with E-state index >= 15 is 0 Å². The monoisotopic (exact) mass is 370 g/mol. The summed E-state index contributed by atoms with van der Waals surface area (Å²) in [6.07, 6.45) is 5.15. The number of hydrogen-bond donors (Lipinski definition) is 0. The summed E-state index contributed by atoms with van der Waals surface area (Å²) < 4.78 is 10.8. The van der Waals surface area contributed by atoms with Crippen LogP contribution < -0.4 is 0 Å². The summed E-state index contributed by atoms with van der Waals surface area (Å²) in [4.78, 5) is 24.8. The van der Waals surface area contributed by atoms with Gasteiger partial charge in [0.2, 0.25) is 0 Å². The zero-order valence-electron chi connectivity index (χ0n) is 18.4. The molecule has 0 saturated heterocycles. The van der Waals surface area contributed by atoms with Crippen LogP contribution in [0.3, 0.4) is 0 Å². The van der Waals surface area contributed by atoms with Crippen molar-refractivity contribution in [2.24, 2.45) is 22.7 Å². The van der Waals surface area contributed by atoms with Gasteiger partial charge in [-0.15, -0.1) is 0 Å². The first-order valence-electron chi connectivity index (χ1n) is 10.3. The van der Waals surface area contributed by atoms with Gasteiger partial charge in [-0.25, -0.2) is 0 Å². The molecule has 2 atom stereocenters. The second-order valence-corrected chi connectivity index (χ2v) is 8.97. The molecule has 0 heterocycles. The lowest BCUT2D eigenvalue weighted by Crippen LogP contribution is -2.33. The highest BCUT2D eigenvalue weighted by molar-refractivity contribution is 5.77. The average Bonchev–Trinajstić information content (AvgIpc) is 2.60. The number of esters is 2. The Kier molecular flexibility index (Phi) is 11.1. The van der Waals surface area contributed by atoms with Crippen LogP contribution in [0.4, 0.5) is 0 Å². The fraction of sp³-hybridized carbons (Fsp3) is 0.909. The van der Waals surface area contributed by atoms with Crippen molar-refractivity contribution in [3.63, 3.8) is 0 Å². The van der Waals surface area contributed by atoms with Gasteiger partial charge in [-0.05, 0) is 64.2 Å². The van der Waals surface area contributed by atoms with Crippen LogP contribution in [0.5, 0.6) is 0 Å². The summed E-state index contributed by atoms with van der Waals surface area (Å²) in [5.41, 5.74) is -0.910. The zero-order valence-corrected chi connectivity index (χ0v) is 18.4. The molecular formula is C22H42O4. The van der Waals surface area contributed by atoms with Gasteiger partial charge in [-0.2, -0.15) is 0 Å². The molecule has 0 aliphatic rings. The highest BCUT2D eigenvalue weighted by Gasteiger charge is 2.34. The van der Waals surface area contributed by atoms with Gasteiger partial charge in [0.1, 0.15) is 13.2 Å². The first-order chi connectivity index (χ1) is 12.0. The average molecular weight is 371 g/mol. The van der Waals surface area contributed by atoms with Crippen LogP contribution in [0, 0.1) is 22.7 Å². The van der Waals surface area contributed by atoms with Gasteiger partial charge in [0.25, 0.3) is 0 Å². The Morgan fingerprint density at radius 2 is 1.04 bits per heavy atom. The van der Waals surface area contributed by atoms with Crippen molar-refractivity contribution in [2.75, 3.05) is 13.2 Å². The standard InChI is InChI=1S/C22H42O4/c1-9-21(7,13-11-17(3)4)19(23)25-15-16-26-20(24)22(8,10-2)14-12-18(5)6/h17-18H,9-16H2,1-8H3. The first kappa shape index (κ1) is 24.9. The van der Waals surface area contributed by atoms with E-state index in [1.54, 1.807) is 0 Å². The Hall–Kier alpha value is -1.06. The minimum absolute atomic E-state index is 0.131. The summed E-state index contributed by atoms with van der Waals surface area (Å²) in [5.74, 6) is 0.754. The quantitative estimate of drug-likeness (QED) is 0.305. The molecular weight excluding hydrogens is 328 g/mol. The van der Waals surface area contributed by atoms with Crippen LogP contribution >= 0.6 is 0 Å². The molecule has 0 rings (SSSR count). The van der Waals surface area contributed by atoms with Crippen molar-refractivity contribution >= 4 is 11.9 Å². The predicted molar refractivity (Wildman–Crippen MR) is 107 cm³/mol. The third-order valence-electron chi connectivity index (χ3n) is 5.64. The minimum Gasteiger partial charge on any atom is -0.462 e. The highest BCUT2D eigenvalue weighted by Crippen LogP contribution is 2.32. The summed E-state index contributed by atoms with van der Waals surface area (Å²) >= 11 is 0. The molecule has 0 bridgehead atoms. The number of ether oxygens (including phenoxy) is 2. The van der Waals surface area contributed by atoms with E-state index in [2.05, 4.69) is 27.7 Å².